The summed E-state index contributed by atoms with van der Waals surface area (Å²) < 4.78 is 51.7. The number of pyridine rings is 1. The molecule has 3 rings (SSSR count). The van der Waals surface area contributed by atoms with Crippen molar-refractivity contribution in [1.29, 1.82) is 0 Å². The van der Waals surface area contributed by atoms with Gasteiger partial charge in [-0.05, 0) is 49.2 Å². The minimum absolute atomic E-state index is 0.122. The fraction of sp³-hybridized carbons (Fsp3) is 0.368. The quantitative estimate of drug-likeness (QED) is 0.765. The van der Waals surface area contributed by atoms with E-state index in [1.807, 2.05) is 0 Å². The molecular weight excluding hydrogens is 414 g/mol. The van der Waals surface area contributed by atoms with E-state index in [0.717, 1.165) is 6.26 Å². The molecule has 0 bridgehead atoms. The van der Waals surface area contributed by atoms with Gasteiger partial charge in [0.1, 0.15) is 0 Å². The van der Waals surface area contributed by atoms with Gasteiger partial charge in [-0.1, -0.05) is 0 Å². The van der Waals surface area contributed by atoms with Crippen LogP contribution in [0.15, 0.2) is 52.4 Å². The van der Waals surface area contributed by atoms with E-state index in [0.29, 0.717) is 30.8 Å². The number of nitrogens with one attached hydrogen (secondary N) is 1. The van der Waals surface area contributed by atoms with Crippen LogP contribution in [0.5, 0.6) is 0 Å². The average Bonchev–Trinajstić information content (AvgIpc) is 2.67. The molecule has 1 aliphatic heterocycles. The van der Waals surface area contributed by atoms with Gasteiger partial charge in [0.05, 0.1) is 15.5 Å². The molecule has 0 spiro atoms. The van der Waals surface area contributed by atoms with Crippen molar-refractivity contribution < 1.29 is 21.6 Å². The number of hydrogen-bond donors (Lipinski definition) is 1. The summed E-state index contributed by atoms with van der Waals surface area (Å²) in [4.78, 5) is 15.6. The lowest BCUT2D eigenvalue weighted by Gasteiger charge is -2.32. The molecule has 10 heteroatoms. The Morgan fingerprint density at radius 1 is 1.14 bits per heavy atom. The summed E-state index contributed by atoms with van der Waals surface area (Å²) in [7, 11) is -7.22. The van der Waals surface area contributed by atoms with Crippen LogP contribution < -0.4 is 5.32 Å². The number of carbonyl (C=O) groups is 1. The maximum absolute atomic E-state index is 13.1. The van der Waals surface area contributed by atoms with Crippen LogP contribution in [0.25, 0.3) is 0 Å². The number of anilines is 1. The van der Waals surface area contributed by atoms with Gasteiger partial charge in [0.2, 0.25) is 15.9 Å². The van der Waals surface area contributed by atoms with Gasteiger partial charge >= 0.3 is 0 Å². The second kappa shape index (κ2) is 8.21. The van der Waals surface area contributed by atoms with Gasteiger partial charge in [-0.2, -0.15) is 4.31 Å². The summed E-state index contributed by atoms with van der Waals surface area (Å²) in [6, 6.07) is 9.05. The van der Waals surface area contributed by atoms with Gasteiger partial charge < -0.3 is 5.32 Å². The van der Waals surface area contributed by atoms with Crippen molar-refractivity contribution in [2.24, 2.45) is 0 Å². The molecule has 156 valence electrons. The Balaban J connectivity index is 1.86. The molecule has 0 saturated carbocycles. The molecule has 1 aliphatic rings. The first-order chi connectivity index (χ1) is 13.6. The third-order valence-corrected chi connectivity index (χ3v) is 7.81. The van der Waals surface area contributed by atoms with Gasteiger partial charge in [-0.15, -0.1) is 0 Å². The van der Waals surface area contributed by atoms with Crippen LogP contribution in [0.3, 0.4) is 0 Å². The first-order valence-corrected chi connectivity index (χ1v) is 12.4. The number of sulfone groups is 1. The Labute approximate surface area is 170 Å². The predicted molar refractivity (Wildman–Crippen MR) is 109 cm³/mol. The minimum Gasteiger partial charge on any atom is -0.326 e. The number of rotatable bonds is 5. The molecule has 1 fully saturated rings. The lowest BCUT2D eigenvalue weighted by molar-refractivity contribution is -0.114. The van der Waals surface area contributed by atoms with E-state index in [1.54, 1.807) is 6.07 Å². The van der Waals surface area contributed by atoms with Crippen LogP contribution in [0, 0.1) is 0 Å². The summed E-state index contributed by atoms with van der Waals surface area (Å²) in [5, 5.41) is 2.60. The molecule has 1 saturated heterocycles. The third kappa shape index (κ3) is 4.82. The molecule has 1 aromatic heterocycles. The molecule has 1 amide bonds. The molecule has 2 aromatic rings. The van der Waals surface area contributed by atoms with Crippen LogP contribution in [0.1, 0.15) is 31.4 Å². The van der Waals surface area contributed by atoms with E-state index in [1.165, 1.54) is 47.8 Å². The zero-order valence-electron chi connectivity index (χ0n) is 16.2. The summed E-state index contributed by atoms with van der Waals surface area (Å²) >= 11 is 0. The Hall–Kier alpha value is -2.30. The first kappa shape index (κ1) is 21.4. The zero-order valence-corrected chi connectivity index (χ0v) is 17.8. The largest absolute Gasteiger partial charge is 0.326 e. The Kier molecular flexibility index (Phi) is 6.06. The minimum atomic E-state index is -3.75. The standard InChI is InChI=1S/C19H23N3O5S2/c1-14(23)21-16-7-9-17(10-8-16)29(26,27)22-12-4-5-15(13-22)19-18(28(2,24)25)6-3-11-20-19/h3,6-11,15H,4-5,12-13H2,1-2H3,(H,21,23)/t15-/m1/s1. The Morgan fingerprint density at radius 2 is 1.83 bits per heavy atom. The van der Waals surface area contributed by atoms with Crippen molar-refractivity contribution in [2.75, 3.05) is 24.7 Å². The molecule has 29 heavy (non-hydrogen) atoms. The number of benzene rings is 1. The molecular formula is C19H23N3O5S2. The summed E-state index contributed by atoms with van der Waals surface area (Å²) in [5.41, 5.74) is 0.926. The Morgan fingerprint density at radius 3 is 2.45 bits per heavy atom. The average molecular weight is 438 g/mol. The predicted octanol–water partition coefficient (Wildman–Crippen LogP) is 2.01. The molecule has 1 atom stereocenters. The zero-order chi connectivity index (χ0) is 21.2. The number of sulfonamides is 1. The maximum Gasteiger partial charge on any atom is 0.243 e. The highest BCUT2D eigenvalue weighted by Gasteiger charge is 2.33. The van der Waals surface area contributed by atoms with Crippen molar-refractivity contribution >= 4 is 31.5 Å². The summed E-state index contributed by atoms with van der Waals surface area (Å²) in [6.07, 6.45) is 3.92. The van der Waals surface area contributed by atoms with Crippen LogP contribution in [-0.4, -0.2) is 51.4 Å². The molecule has 8 nitrogen and oxygen atoms in total. The highest BCUT2D eigenvalue weighted by Crippen LogP contribution is 2.32. The van der Waals surface area contributed by atoms with E-state index >= 15 is 0 Å². The molecule has 2 heterocycles. The maximum atomic E-state index is 13.1. The molecule has 1 N–H and O–H groups in total. The SMILES string of the molecule is CC(=O)Nc1ccc(S(=O)(=O)N2CCC[C@@H](c3ncccc3S(C)(=O)=O)C2)cc1. The van der Waals surface area contributed by atoms with Crippen molar-refractivity contribution in [2.45, 2.75) is 35.5 Å². The van der Waals surface area contributed by atoms with Gasteiger partial charge in [-0.25, -0.2) is 16.8 Å². The lowest BCUT2D eigenvalue weighted by Crippen LogP contribution is -2.39. The number of carbonyl (C=O) groups excluding carboxylic acids is 1. The van der Waals surface area contributed by atoms with E-state index in [4.69, 9.17) is 0 Å². The van der Waals surface area contributed by atoms with E-state index in [-0.39, 0.29) is 28.2 Å². The van der Waals surface area contributed by atoms with E-state index in [9.17, 15) is 21.6 Å². The first-order valence-electron chi connectivity index (χ1n) is 9.12. The number of amides is 1. The van der Waals surface area contributed by atoms with Gasteiger partial charge in [0.25, 0.3) is 0 Å². The van der Waals surface area contributed by atoms with Gasteiger partial charge in [-0.3, -0.25) is 9.78 Å². The Bertz CT molecular complexity index is 1110. The highest BCUT2D eigenvalue weighted by atomic mass is 32.2. The number of nitrogens with zero attached hydrogens (tertiary/aromatic N) is 2. The molecule has 0 aliphatic carbocycles. The molecule has 1 aromatic carbocycles. The van der Waals surface area contributed by atoms with Crippen molar-refractivity contribution in [3.05, 3.63) is 48.3 Å². The lowest BCUT2D eigenvalue weighted by atomic mass is 9.95. The van der Waals surface area contributed by atoms with E-state index in [2.05, 4.69) is 10.3 Å². The summed E-state index contributed by atoms with van der Waals surface area (Å²) in [6.45, 7) is 1.89. The number of aromatic nitrogens is 1. The normalized spacial score (nSPS) is 18.3. The van der Waals surface area contributed by atoms with E-state index < -0.39 is 19.9 Å². The van der Waals surface area contributed by atoms with Crippen molar-refractivity contribution in [3.63, 3.8) is 0 Å². The monoisotopic (exact) mass is 437 g/mol. The second-order valence-corrected chi connectivity index (χ2v) is 11.0. The fourth-order valence-corrected chi connectivity index (χ4v) is 5.92. The number of piperidine rings is 1. The molecule has 0 unspecified atom stereocenters. The fourth-order valence-electron chi connectivity index (χ4n) is 3.47. The molecule has 0 radical (unpaired) electrons. The van der Waals surface area contributed by atoms with Crippen LogP contribution in [-0.2, 0) is 24.7 Å². The van der Waals surface area contributed by atoms with Gasteiger partial charge in [0, 0.05) is 44.1 Å². The van der Waals surface area contributed by atoms with Crippen molar-refractivity contribution in [3.8, 4) is 0 Å². The third-order valence-electron chi connectivity index (χ3n) is 4.78. The number of hydrogen-bond acceptors (Lipinski definition) is 6. The van der Waals surface area contributed by atoms with Crippen molar-refractivity contribution in [1.82, 2.24) is 9.29 Å². The smallest absolute Gasteiger partial charge is 0.243 e. The topological polar surface area (TPSA) is 114 Å². The van der Waals surface area contributed by atoms with Crippen LogP contribution >= 0.6 is 0 Å². The highest BCUT2D eigenvalue weighted by molar-refractivity contribution is 7.90. The summed E-state index contributed by atoms with van der Waals surface area (Å²) in [5.74, 6) is -0.542. The second-order valence-electron chi connectivity index (χ2n) is 7.07. The van der Waals surface area contributed by atoms with Crippen LogP contribution in [0.2, 0.25) is 0 Å². The van der Waals surface area contributed by atoms with Crippen LogP contribution in [0.4, 0.5) is 5.69 Å². The van der Waals surface area contributed by atoms with Gasteiger partial charge in [0.15, 0.2) is 9.84 Å².